The van der Waals surface area contributed by atoms with Crippen LogP contribution in [0.2, 0.25) is 0 Å². The molecule has 0 aromatic heterocycles. The molecule has 1 rings (SSSR count). The van der Waals surface area contributed by atoms with Gasteiger partial charge < -0.3 is 10.1 Å². The highest BCUT2D eigenvalue weighted by molar-refractivity contribution is 5.67. The van der Waals surface area contributed by atoms with Crippen molar-refractivity contribution in [2.45, 2.75) is 13.3 Å². The van der Waals surface area contributed by atoms with Crippen molar-refractivity contribution in [3.05, 3.63) is 39.9 Å². The average Bonchev–Trinajstić information content (AvgIpc) is 2.30. The second-order valence-electron chi connectivity index (χ2n) is 3.28. The third-order valence-electron chi connectivity index (χ3n) is 2.13. The van der Waals surface area contributed by atoms with Crippen LogP contribution in [0.25, 0.3) is 0 Å². The zero-order chi connectivity index (χ0) is 12.7. The van der Waals surface area contributed by atoms with E-state index in [1.54, 1.807) is 25.1 Å². The van der Waals surface area contributed by atoms with Gasteiger partial charge in [0.2, 0.25) is 0 Å². The van der Waals surface area contributed by atoms with Crippen molar-refractivity contribution in [2.24, 2.45) is 0 Å². The van der Waals surface area contributed by atoms with Gasteiger partial charge in [0.25, 0.3) is 5.69 Å². The Labute approximate surface area is 98.7 Å². The maximum absolute atomic E-state index is 11.0. The number of benzene rings is 1. The molecule has 0 heterocycles. The first-order chi connectivity index (χ1) is 8.15. The summed E-state index contributed by atoms with van der Waals surface area (Å²) >= 11 is 0. The highest BCUT2D eigenvalue weighted by atomic mass is 16.6. The van der Waals surface area contributed by atoms with Crippen LogP contribution in [-0.4, -0.2) is 24.2 Å². The molecule has 0 aliphatic carbocycles. The third kappa shape index (κ3) is 4.10. The number of nitro groups is 1. The standard InChI is InChI=1S/C11H14N2O4/c1-2-17-11(14)12-8-7-9-5-3-4-6-10(9)13(15)16/h3-6H,2,7-8H2,1H3,(H,12,14). The van der Waals surface area contributed by atoms with Gasteiger partial charge in [-0.05, 0) is 13.3 Å². The molecule has 6 nitrogen and oxygen atoms in total. The normalized spacial score (nSPS) is 9.71. The molecular formula is C11H14N2O4. The Morgan fingerprint density at radius 2 is 2.18 bits per heavy atom. The van der Waals surface area contributed by atoms with E-state index in [2.05, 4.69) is 10.1 Å². The van der Waals surface area contributed by atoms with Crippen LogP contribution in [0.4, 0.5) is 10.5 Å². The maximum atomic E-state index is 11.0. The minimum Gasteiger partial charge on any atom is -0.450 e. The number of nitro benzene ring substituents is 1. The molecule has 0 spiro atoms. The number of carbonyl (C=O) groups is 1. The summed E-state index contributed by atoms with van der Waals surface area (Å²) in [7, 11) is 0. The molecule has 0 aliphatic rings. The summed E-state index contributed by atoms with van der Waals surface area (Å²) in [4.78, 5) is 21.3. The van der Waals surface area contributed by atoms with Crippen molar-refractivity contribution in [1.82, 2.24) is 5.32 Å². The monoisotopic (exact) mass is 238 g/mol. The Hall–Kier alpha value is -2.11. The van der Waals surface area contributed by atoms with Gasteiger partial charge in [-0.1, -0.05) is 18.2 Å². The number of ether oxygens (including phenoxy) is 1. The van der Waals surface area contributed by atoms with Crippen LogP contribution in [0.5, 0.6) is 0 Å². The molecule has 0 atom stereocenters. The van der Waals surface area contributed by atoms with Gasteiger partial charge >= 0.3 is 6.09 Å². The van der Waals surface area contributed by atoms with Crippen LogP contribution in [0.3, 0.4) is 0 Å². The zero-order valence-corrected chi connectivity index (χ0v) is 9.51. The second kappa shape index (κ2) is 6.47. The van der Waals surface area contributed by atoms with Gasteiger partial charge in [-0.15, -0.1) is 0 Å². The lowest BCUT2D eigenvalue weighted by atomic mass is 10.1. The molecule has 1 aromatic carbocycles. The summed E-state index contributed by atoms with van der Waals surface area (Å²) < 4.78 is 4.67. The molecule has 1 N–H and O–H groups in total. The summed E-state index contributed by atoms with van der Waals surface area (Å²) in [5.74, 6) is 0. The number of para-hydroxylation sites is 1. The zero-order valence-electron chi connectivity index (χ0n) is 9.51. The fourth-order valence-corrected chi connectivity index (χ4v) is 1.38. The van der Waals surface area contributed by atoms with Gasteiger partial charge in [0.05, 0.1) is 11.5 Å². The van der Waals surface area contributed by atoms with E-state index in [-0.39, 0.29) is 5.69 Å². The molecule has 17 heavy (non-hydrogen) atoms. The van der Waals surface area contributed by atoms with Crippen molar-refractivity contribution >= 4 is 11.8 Å². The summed E-state index contributed by atoms with van der Waals surface area (Å²) in [6.45, 7) is 2.32. The van der Waals surface area contributed by atoms with E-state index in [0.29, 0.717) is 25.1 Å². The van der Waals surface area contributed by atoms with Crippen LogP contribution in [0.15, 0.2) is 24.3 Å². The van der Waals surface area contributed by atoms with Crippen molar-refractivity contribution in [2.75, 3.05) is 13.2 Å². The Morgan fingerprint density at radius 3 is 2.82 bits per heavy atom. The number of hydrogen-bond acceptors (Lipinski definition) is 4. The van der Waals surface area contributed by atoms with Gasteiger partial charge in [0.1, 0.15) is 0 Å². The van der Waals surface area contributed by atoms with E-state index in [9.17, 15) is 14.9 Å². The lowest BCUT2D eigenvalue weighted by Gasteiger charge is -2.05. The summed E-state index contributed by atoms with van der Waals surface area (Å²) in [5, 5.41) is 13.2. The van der Waals surface area contributed by atoms with Gasteiger partial charge in [-0.2, -0.15) is 0 Å². The van der Waals surface area contributed by atoms with E-state index in [1.807, 2.05) is 0 Å². The lowest BCUT2D eigenvalue weighted by molar-refractivity contribution is -0.385. The van der Waals surface area contributed by atoms with E-state index < -0.39 is 11.0 Å². The van der Waals surface area contributed by atoms with E-state index in [4.69, 9.17) is 0 Å². The SMILES string of the molecule is CCOC(=O)NCCc1ccccc1[N+](=O)[O-]. The molecule has 0 unspecified atom stereocenters. The molecule has 1 amide bonds. The fraction of sp³-hybridized carbons (Fsp3) is 0.364. The molecule has 0 saturated heterocycles. The number of nitrogens with zero attached hydrogens (tertiary/aromatic N) is 1. The fourth-order valence-electron chi connectivity index (χ4n) is 1.38. The van der Waals surface area contributed by atoms with Crippen molar-refractivity contribution < 1.29 is 14.5 Å². The smallest absolute Gasteiger partial charge is 0.407 e. The second-order valence-corrected chi connectivity index (χ2v) is 3.28. The van der Waals surface area contributed by atoms with Gasteiger partial charge in [0.15, 0.2) is 0 Å². The van der Waals surface area contributed by atoms with E-state index >= 15 is 0 Å². The van der Waals surface area contributed by atoms with Crippen LogP contribution in [-0.2, 0) is 11.2 Å². The van der Waals surface area contributed by atoms with Crippen molar-refractivity contribution in [1.29, 1.82) is 0 Å². The molecule has 0 fully saturated rings. The Morgan fingerprint density at radius 1 is 1.47 bits per heavy atom. The largest absolute Gasteiger partial charge is 0.450 e. The summed E-state index contributed by atoms with van der Waals surface area (Å²) in [6.07, 6.45) is -0.109. The molecule has 0 bridgehead atoms. The highest BCUT2D eigenvalue weighted by Gasteiger charge is 2.11. The van der Waals surface area contributed by atoms with Gasteiger partial charge in [-0.25, -0.2) is 4.79 Å². The minimum atomic E-state index is -0.508. The van der Waals surface area contributed by atoms with Gasteiger partial charge in [-0.3, -0.25) is 10.1 Å². The Kier molecular flexibility index (Phi) is 4.93. The van der Waals surface area contributed by atoms with Crippen molar-refractivity contribution in [3.8, 4) is 0 Å². The molecule has 0 saturated carbocycles. The quantitative estimate of drug-likeness (QED) is 0.627. The average molecular weight is 238 g/mol. The molecule has 0 aliphatic heterocycles. The Balaban J connectivity index is 2.52. The lowest BCUT2D eigenvalue weighted by Crippen LogP contribution is -2.26. The topological polar surface area (TPSA) is 81.5 Å². The number of alkyl carbamates (subject to hydrolysis) is 1. The van der Waals surface area contributed by atoms with Gasteiger partial charge in [0, 0.05) is 18.2 Å². The van der Waals surface area contributed by atoms with Crippen LogP contribution in [0, 0.1) is 10.1 Å². The summed E-state index contributed by atoms with van der Waals surface area (Å²) in [6, 6.07) is 6.46. The van der Waals surface area contributed by atoms with E-state index in [1.165, 1.54) is 6.07 Å². The maximum Gasteiger partial charge on any atom is 0.407 e. The molecule has 0 radical (unpaired) electrons. The first-order valence-corrected chi connectivity index (χ1v) is 5.28. The highest BCUT2D eigenvalue weighted by Crippen LogP contribution is 2.17. The predicted molar refractivity (Wildman–Crippen MR) is 61.8 cm³/mol. The molecule has 6 heteroatoms. The molecular weight excluding hydrogens is 224 g/mol. The number of nitrogens with one attached hydrogen (secondary N) is 1. The van der Waals surface area contributed by atoms with Crippen molar-refractivity contribution in [3.63, 3.8) is 0 Å². The number of amides is 1. The number of rotatable bonds is 5. The van der Waals surface area contributed by atoms with Crippen LogP contribution < -0.4 is 5.32 Å². The van der Waals surface area contributed by atoms with Crippen LogP contribution in [0.1, 0.15) is 12.5 Å². The van der Waals surface area contributed by atoms with E-state index in [0.717, 1.165) is 0 Å². The van der Waals surface area contributed by atoms with Crippen LogP contribution >= 0.6 is 0 Å². The minimum absolute atomic E-state index is 0.0677. The molecule has 92 valence electrons. The predicted octanol–water partition coefficient (Wildman–Crippen LogP) is 1.88. The number of hydrogen-bond donors (Lipinski definition) is 1. The summed E-state index contributed by atoms with van der Waals surface area (Å²) in [5.41, 5.74) is 0.660. The first-order valence-electron chi connectivity index (χ1n) is 5.28. The Bertz CT molecular complexity index is 406. The third-order valence-corrected chi connectivity index (χ3v) is 2.13. The first kappa shape index (κ1) is 13.0. The number of carbonyl (C=O) groups excluding carboxylic acids is 1. The molecule has 1 aromatic rings.